The molecule has 156 valence electrons. The molecule has 0 spiro atoms. The number of H-pyrrole nitrogens is 1. The summed E-state index contributed by atoms with van der Waals surface area (Å²) >= 11 is 0. The third-order valence-electron chi connectivity index (χ3n) is 4.93. The van der Waals surface area contributed by atoms with Gasteiger partial charge in [0, 0.05) is 25.2 Å². The predicted octanol–water partition coefficient (Wildman–Crippen LogP) is 1.74. The summed E-state index contributed by atoms with van der Waals surface area (Å²) in [7, 11) is 0. The van der Waals surface area contributed by atoms with Crippen LogP contribution in [0.25, 0.3) is 0 Å². The number of aromatic amines is 1. The molecule has 1 saturated heterocycles. The molecule has 0 saturated carbocycles. The molecule has 0 radical (unpaired) electrons. The van der Waals surface area contributed by atoms with Crippen molar-refractivity contribution in [3.05, 3.63) is 47.5 Å². The molecular formula is C21H28N4O4. The number of likely N-dealkylation sites (tertiary alicyclic amines) is 1. The van der Waals surface area contributed by atoms with E-state index in [4.69, 9.17) is 4.74 Å². The molecule has 2 aromatic rings. The smallest absolute Gasteiger partial charge is 0.260 e. The van der Waals surface area contributed by atoms with E-state index in [1.165, 1.54) is 0 Å². The lowest BCUT2D eigenvalue weighted by molar-refractivity contribution is -0.134. The quantitative estimate of drug-likeness (QED) is 0.703. The summed E-state index contributed by atoms with van der Waals surface area (Å²) in [5.41, 5.74) is 1.24. The Hall–Kier alpha value is -2.87. The highest BCUT2D eigenvalue weighted by Crippen LogP contribution is 2.17. The van der Waals surface area contributed by atoms with Crippen molar-refractivity contribution in [2.45, 2.75) is 32.7 Å². The van der Waals surface area contributed by atoms with Gasteiger partial charge in [-0.05, 0) is 44.4 Å². The molecule has 1 aromatic heterocycles. The molecule has 1 aliphatic heterocycles. The summed E-state index contributed by atoms with van der Waals surface area (Å²) in [6, 6.07) is 6.79. The first-order valence-corrected chi connectivity index (χ1v) is 9.98. The fourth-order valence-electron chi connectivity index (χ4n) is 3.41. The van der Waals surface area contributed by atoms with Crippen molar-refractivity contribution < 1.29 is 19.4 Å². The summed E-state index contributed by atoms with van der Waals surface area (Å²) in [4.78, 5) is 35.8. The number of aryl methyl sites for hydroxylation is 1. The minimum absolute atomic E-state index is 0.0297. The number of hydrogen-bond acceptors (Lipinski definition) is 5. The number of carbonyl (C=O) groups excluding carboxylic acids is 2. The first kappa shape index (κ1) is 20.9. The van der Waals surface area contributed by atoms with Gasteiger partial charge in [0.2, 0.25) is 0 Å². The number of amides is 2. The average molecular weight is 400 g/mol. The Morgan fingerprint density at radius 1 is 1.28 bits per heavy atom. The summed E-state index contributed by atoms with van der Waals surface area (Å²) in [6.45, 7) is 3.75. The molecule has 2 N–H and O–H groups in total. The van der Waals surface area contributed by atoms with Crippen molar-refractivity contribution in [2.75, 3.05) is 32.8 Å². The first-order chi connectivity index (χ1) is 14.1. The Kier molecular flexibility index (Phi) is 7.24. The molecular weight excluding hydrogens is 372 g/mol. The van der Waals surface area contributed by atoms with E-state index in [2.05, 4.69) is 9.97 Å². The van der Waals surface area contributed by atoms with Gasteiger partial charge in [-0.15, -0.1) is 0 Å². The van der Waals surface area contributed by atoms with Gasteiger partial charge in [-0.25, -0.2) is 4.98 Å². The predicted molar refractivity (Wildman–Crippen MR) is 108 cm³/mol. The van der Waals surface area contributed by atoms with Gasteiger partial charge in [-0.1, -0.05) is 6.07 Å². The van der Waals surface area contributed by atoms with Crippen LogP contribution in [0, 0.1) is 6.92 Å². The lowest BCUT2D eigenvalue weighted by Gasteiger charge is -2.26. The van der Waals surface area contributed by atoms with Crippen molar-refractivity contribution in [2.24, 2.45) is 0 Å². The number of aromatic nitrogens is 2. The second-order valence-corrected chi connectivity index (χ2v) is 7.20. The van der Waals surface area contributed by atoms with Crippen LogP contribution in [0.4, 0.5) is 0 Å². The maximum absolute atomic E-state index is 12.9. The Morgan fingerprint density at radius 3 is 2.76 bits per heavy atom. The molecule has 1 aromatic carbocycles. The number of nitrogens with one attached hydrogen (secondary N) is 1. The highest BCUT2D eigenvalue weighted by molar-refractivity contribution is 5.94. The highest BCUT2D eigenvalue weighted by Gasteiger charge is 2.19. The Bertz CT molecular complexity index is 830. The van der Waals surface area contributed by atoms with Crippen LogP contribution >= 0.6 is 0 Å². The Balaban J connectivity index is 1.63. The van der Waals surface area contributed by atoms with Crippen molar-refractivity contribution in [1.82, 2.24) is 19.8 Å². The van der Waals surface area contributed by atoms with Crippen molar-refractivity contribution >= 4 is 11.8 Å². The molecule has 2 heterocycles. The van der Waals surface area contributed by atoms with Crippen molar-refractivity contribution in [3.8, 4) is 5.75 Å². The topological polar surface area (TPSA) is 98.8 Å². The molecule has 2 amide bonds. The second-order valence-electron chi connectivity index (χ2n) is 7.20. The van der Waals surface area contributed by atoms with Crippen molar-refractivity contribution in [3.63, 3.8) is 0 Å². The minimum Gasteiger partial charge on any atom is -0.484 e. The van der Waals surface area contributed by atoms with Crippen LogP contribution in [0.15, 0.2) is 30.5 Å². The normalized spacial score (nSPS) is 13.9. The van der Waals surface area contributed by atoms with Gasteiger partial charge in [0.15, 0.2) is 6.61 Å². The van der Waals surface area contributed by atoms with Gasteiger partial charge in [-0.2, -0.15) is 0 Å². The van der Waals surface area contributed by atoms with E-state index in [1.54, 1.807) is 35.4 Å². The molecule has 8 heteroatoms. The zero-order chi connectivity index (χ0) is 20.6. The number of piperidine rings is 1. The number of ether oxygens (including phenoxy) is 1. The molecule has 1 aliphatic rings. The highest BCUT2D eigenvalue weighted by atomic mass is 16.5. The SMILES string of the molecule is Cc1ncc(CN(CCO)C(=O)c2cccc(OCC(=O)N3CCCCC3)c2)[nH]1. The molecule has 0 bridgehead atoms. The number of benzene rings is 1. The lowest BCUT2D eigenvalue weighted by atomic mass is 10.1. The van der Waals surface area contributed by atoms with E-state index in [9.17, 15) is 14.7 Å². The fraction of sp³-hybridized carbons (Fsp3) is 0.476. The number of aliphatic hydroxyl groups is 1. The van der Waals surface area contributed by atoms with E-state index in [1.807, 2.05) is 11.8 Å². The average Bonchev–Trinajstić information content (AvgIpc) is 3.16. The number of carbonyl (C=O) groups is 2. The van der Waals surface area contributed by atoms with E-state index >= 15 is 0 Å². The van der Waals surface area contributed by atoms with Crippen LogP contribution in [0.5, 0.6) is 5.75 Å². The van der Waals surface area contributed by atoms with Crippen LogP contribution in [0.3, 0.4) is 0 Å². The molecule has 0 atom stereocenters. The van der Waals surface area contributed by atoms with E-state index in [-0.39, 0.29) is 31.6 Å². The summed E-state index contributed by atoms with van der Waals surface area (Å²) in [6.07, 6.45) is 4.91. The number of imidazole rings is 1. The first-order valence-electron chi connectivity index (χ1n) is 9.98. The molecule has 1 fully saturated rings. The Labute approximate surface area is 170 Å². The van der Waals surface area contributed by atoms with Gasteiger partial charge in [0.1, 0.15) is 11.6 Å². The van der Waals surface area contributed by atoms with Gasteiger partial charge in [-0.3, -0.25) is 9.59 Å². The third kappa shape index (κ3) is 5.80. The summed E-state index contributed by atoms with van der Waals surface area (Å²) in [5, 5.41) is 9.35. The van der Waals surface area contributed by atoms with Gasteiger partial charge in [0.25, 0.3) is 11.8 Å². The maximum atomic E-state index is 12.9. The van der Waals surface area contributed by atoms with Crippen molar-refractivity contribution in [1.29, 1.82) is 0 Å². The van der Waals surface area contributed by atoms with Crippen LogP contribution < -0.4 is 4.74 Å². The van der Waals surface area contributed by atoms with Crippen LogP contribution in [0.2, 0.25) is 0 Å². The maximum Gasteiger partial charge on any atom is 0.260 e. The molecule has 0 unspecified atom stereocenters. The molecule has 3 rings (SSSR count). The molecule has 8 nitrogen and oxygen atoms in total. The largest absolute Gasteiger partial charge is 0.484 e. The number of rotatable bonds is 8. The van der Waals surface area contributed by atoms with Crippen LogP contribution in [0.1, 0.15) is 41.1 Å². The van der Waals surface area contributed by atoms with Gasteiger partial charge in [0.05, 0.1) is 25.0 Å². The fourth-order valence-corrected chi connectivity index (χ4v) is 3.41. The molecule has 29 heavy (non-hydrogen) atoms. The van der Waals surface area contributed by atoms with Crippen LogP contribution in [-0.2, 0) is 11.3 Å². The minimum atomic E-state index is -0.223. The Morgan fingerprint density at radius 2 is 2.07 bits per heavy atom. The summed E-state index contributed by atoms with van der Waals surface area (Å²) < 4.78 is 5.65. The number of hydrogen-bond donors (Lipinski definition) is 2. The molecule has 0 aliphatic carbocycles. The summed E-state index contributed by atoms with van der Waals surface area (Å²) in [5.74, 6) is 0.991. The standard InChI is InChI=1S/C21H28N4O4/c1-16-22-13-18(23-16)14-25(10-11-26)21(28)17-6-5-7-19(12-17)29-15-20(27)24-8-3-2-4-9-24/h5-7,12-13,26H,2-4,8-11,14-15H2,1H3,(H,22,23). The lowest BCUT2D eigenvalue weighted by Crippen LogP contribution is -2.38. The number of aliphatic hydroxyl groups excluding tert-OH is 1. The zero-order valence-electron chi connectivity index (χ0n) is 16.8. The number of nitrogens with zero attached hydrogens (tertiary/aromatic N) is 3. The van der Waals surface area contributed by atoms with E-state index in [0.717, 1.165) is 43.9 Å². The van der Waals surface area contributed by atoms with Crippen LogP contribution in [-0.4, -0.2) is 69.5 Å². The zero-order valence-corrected chi connectivity index (χ0v) is 16.8. The second kappa shape index (κ2) is 10.1. The van der Waals surface area contributed by atoms with Gasteiger partial charge < -0.3 is 24.6 Å². The third-order valence-corrected chi connectivity index (χ3v) is 4.93. The van der Waals surface area contributed by atoms with E-state index in [0.29, 0.717) is 17.9 Å². The van der Waals surface area contributed by atoms with E-state index < -0.39 is 0 Å². The van der Waals surface area contributed by atoms with Gasteiger partial charge >= 0.3 is 0 Å². The monoisotopic (exact) mass is 400 g/mol.